The molecule has 2 rings (SSSR count). The standard InChI is InChI=1S/C14H16BrN5O3/c1-3-23-13(21)6-10(2)17-14(22)12-4-5-19(18-12)9-20-8-11(15)7-16-20/h4-8H,3,9H2,1-2H3,(H,17,22)/b10-6+. The molecule has 0 bridgehead atoms. The van der Waals surface area contributed by atoms with Crippen LogP contribution in [0, 0.1) is 0 Å². The molecule has 1 N–H and O–H groups in total. The van der Waals surface area contributed by atoms with Crippen LogP contribution in [0.5, 0.6) is 0 Å². The normalized spacial score (nSPS) is 11.3. The summed E-state index contributed by atoms with van der Waals surface area (Å²) in [5, 5.41) is 10.9. The Hall–Kier alpha value is -2.42. The number of allylic oxidation sites excluding steroid dienone is 1. The van der Waals surface area contributed by atoms with Crippen molar-refractivity contribution in [3.05, 3.63) is 46.6 Å². The van der Waals surface area contributed by atoms with E-state index in [4.69, 9.17) is 4.74 Å². The van der Waals surface area contributed by atoms with Crippen LogP contribution in [0.25, 0.3) is 0 Å². The lowest BCUT2D eigenvalue weighted by molar-refractivity contribution is -0.137. The van der Waals surface area contributed by atoms with Crippen LogP contribution in [0.4, 0.5) is 0 Å². The summed E-state index contributed by atoms with van der Waals surface area (Å²) in [7, 11) is 0. The first kappa shape index (κ1) is 16.9. The van der Waals surface area contributed by atoms with Crippen LogP contribution in [-0.4, -0.2) is 38.0 Å². The summed E-state index contributed by atoms with van der Waals surface area (Å²) in [6, 6.07) is 1.59. The molecule has 9 heteroatoms. The fourth-order valence-electron chi connectivity index (χ4n) is 1.77. The number of nitrogens with one attached hydrogen (secondary N) is 1. The first-order valence-corrected chi connectivity index (χ1v) is 7.65. The van der Waals surface area contributed by atoms with Crippen molar-refractivity contribution < 1.29 is 14.3 Å². The van der Waals surface area contributed by atoms with Gasteiger partial charge in [-0.05, 0) is 35.8 Å². The van der Waals surface area contributed by atoms with Crippen LogP contribution in [0.3, 0.4) is 0 Å². The van der Waals surface area contributed by atoms with E-state index in [1.807, 2.05) is 0 Å². The minimum Gasteiger partial charge on any atom is -0.463 e. The fourth-order valence-corrected chi connectivity index (χ4v) is 2.09. The van der Waals surface area contributed by atoms with E-state index in [-0.39, 0.29) is 12.3 Å². The first-order chi connectivity index (χ1) is 11.0. The zero-order chi connectivity index (χ0) is 16.8. The quantitative estimate of drug-likeness (QED) is 0.605. The number of halogens is 1. The summed E-state index contributed by atoms with van der Waals surface area (Å²) in [4.78, 5) is 23.4. The molecule has 122 valence electrons. The topological polar surface area (TPSA) is 91.0 Å². The maximum Gasteiger partial charge on any atom is 0.332 e. The SMILES string of the molecule is CCOC(=O)/C=C(\C)NC(=O)c1ccn(Cn2cc(Br)cn2)n1. The van der Waals surface area contributed by atoms with E-state index >= 15 is 0 Å². The van der Waals surface area contributed by atoms with Crippen molar-refractivity contribution in [1.82, 2.24) is 24.9 Å². The number of rotatable bonds is 6. The Kier molecular flexibility index (Phi) is 5.69. The highest BCUT2D eigenvalue weighted by Gasteiger charge is 2.11. The molecule has 2 aromatic heterocycles. The van der Waals surface area contributed by atoms with Gasteiger partial charge in [0.05, 0.1) is 17.3 Å². The highest BCUT2D eigenvalue weighted by Crippen LogP contribution is 2.06. The Bertz CT molecular complexity index is 734. The third-order valence-electron chi connectivity index (χ3n) is 2.70. The second-order valence-electron chi connectivity index (χ2n) is 4.61. The van der Waals surface area contributed by atoms with Gasteiger partial charge >= 0.3 is 5.97 Å². The molecule has 0 aliphatic rings. The Morgan fingerprint density at radius 3 is 2.87 bits per heavy atom. The Balaban J connectivity index is 1.96. The van der Waals surface area contributed by atoms with E-state index < -0.39 is 11.9 Å². The zero-order valence-corrected chi connectivity index (χ0v) is 14.3. The minimum absolute atomic E-state index is 0.243. The Morgan fingerprint density at radius 2 is 2.22 bits per heavy atom. The van der Waals surface area contributed by atoms with Crippen LogP contribution in [-0.2, 0) is 16.2 Å². The lowest BCUT2D eigenvalue weighted by Crippen LogP contribution is -2.23. The van der Waals surface area contributed by atoms with Gasteiger partial charge in [-0.2, -0.15) is 10.2 Å². The number of hydrogen-bond acceptors (Lipinski definition) is 5. The Labute approximate surface area is 141 Å². The van der Waals surface area contributed by atoms with Crippen LogP contribution < -0.4 is 5.32 Å². The molecule has 23 heavy (non-hydrogen) atoms. The average Bonchev–Trinajstić information content (AvgIpc) is 3.08. The molecule has 0 spiro atoms. The maximum atomic E-state index is 12.1. The van der Waals surface area contributed by atoms with Crippen molar-refractivity contribution in [1.29, 1.82) is 0 Å². The summed E-state index contributed by atoms with van der Waals surface area (Å²) in [5.74, 6) is -0.900. The van der Waals surface area contributed by atoms with Gasteiger partial charge in [0.15, 0.2) is 5.69 Å². The third-order valence-corrected chi connectivity index (χ3v) is 3.11. The number of esters is 1. The van der Waals surface area contributed by atoms with Crippen LogP contribution >= 0.6 is 15.9 Å². The smallest absolute Gasteiger partial charge is 0.332 e. The number of nitrogens with zero attached hydrogens (tertiary/aromatic N) is 4. The molecule has 0 saturated heterocycles. The van der Waals surface area contributed by atoms with Crippen LogP contribution in [0.15, 0.2) is 40.9 Å². The van der Waals surface area contributed by atoms with Gasteiger partial charge in [0.2, 0.25) is 0 Å². The van der Waals surface area contributed by atoms with E-state index in [1.165, 1.54) is 6.08 Å². The van der Waals surface area contributed by atoms with Crippen molar-refractivity contribution in [3.63, 3.8) is 0 Å². The van der Waals surface area contributed by atoms with Gasteiger partial charge < -0.3 is 10.1 Å². The average molecular weight is 382 g/mol. The van der Waals surface area contributed by atoms with Crippen molar-refractivity contribution in [2.45, 2.75) is 20.5 Å². The molecular weight excluding hydrogens is 366 g/mol. The summed E-state index contributed by atoms with van der Waals surface area (Å²) in [6.07, 6.45) is 6.36. The van der Waals surface area contributed by atoms with Gasteiger partial charge in [-0.1, -0.05) is 0 Å². The summed E-state index contributed by atoms with van der Waals surface area (Å²) < 4.78 is 8.89. The highest BCUT2D eigenvalue weighted by atomic mass is 79.9. The zero-order valence-electron chi connectivity index (χ0n) is 12.7. The van der Waals surface area contributed by atoms with E-state index in [0.29, 0.717) is 12.4 Å². The van der Waals surface area contributed by atoms with Crippen LogP contribution in [0.1, 0.15) is 24.3 Å². The lowest BCUT2D eigenvalue weighted by Gasteiger charge is -2.04. The summed E-state index contributed by atoms with van der Waals surface area (Å²) in [5.41, 5.74) is 0.631. The van der Waals surface area contributed by atoms with E-state index in [9.17, 15) is 9.59 Å². The molecule has 8 nitrogen and oxygen atoms in total. The van der Waals surface area contributed by atoms with Crippen molar-refractivity contribution in [2.24, 2.45) is 0 Å². The lowest BCUT2D eigenvalue weighted by atomic mass is 10.3. The molecule has 0 atom stereocenters. The molecular formula is C14H16BrN5O3. The number of carbonyl (C=O) groups is 2. The van der Waals surface area contributed by atoms with E-state index in [0.717, 1.165) is 4.47 Å². The van der Waals surface area contributed by atoms with Gasteiger partial charge in [0.25, 0.3) is 5.91 Å². The van der Waals surface area contributed by atoms with E-state index in [1.54, 1.807) is 47.9 Å². The van der Waals surface area contributed by atoms with Gasteiger partial charge in [-0.15, -0.1) is 0 Å². The molecule has 0 saturated carbocycles. The van der Waals surface area contributed by atoms with Gasteiger partial charge in [-0.25, -0.2) is 9.48 Å². The molecule has 0 radical (unpaired) electrons. The van der Waals surface area contributed by atoms with Crippen molar-refractivity contribution in [2.75, 3.05) is 6.61 Å². The number of hydrogen-bond donors (Lipinski definition) is 1. The predicted molar refractivity (Wildman–Crippen MR) is 85.4 cm³/mol. The second-order valence-corrected chi connectivity index (χ2v) is 5.53. The van der Waals surface area contributed by atoms with E-state index in [2.05, 4.69) is 31.4 Å². The first-order valence-electron chi connectivity index (χ1n) is 6.85. The fraction of sp³-hybridized carbons (Fsp3) is 0.286. The molecule has 2 aromatic rings. The molecule has 0 aliphatic heterocycles. The van der Waals surface area contributed by atoms with Crippen molar-refractivity contribution in [3.8, 4) is 0 Å². The van der Waals surface area contributed by atoms with Gasteiger partial charge in [0, 0.05) is 24.2 Å². The number of aromatic nitrogens is 4. The molecule has 0 aliphatic carbocycles. The summed E-state index contributed by atoms with van der Waals surface area (Å²) in [6.45, 7) is 3.98. The Morgan fingerprint density at radius 1 is 1.43 bits per heavy atom. The minimum atomic E-state index is -0.500. The molecule has 2 heterocycles. The number of carbonyl (C=O) groups excluding carboxylic acids is 2. The highest BCUT2D eigenvalue weighted by molar-refractivity contribution is 9.10. The van der Waals surface area contributed by atoms with Crippen molar-refractivity contribution >= 4 is 27.8 Å². The van der Waals surface area contributed by atoms with Crippen LogP contribution in [0.2, 0.25) is 0 Å². The number of amides is 1. The third kappa shape index (κ3) is 5.06. The molecule has 0 aromatic carbocycles. The van der Waals surface area contributed by atoms with Gasteiger partial charge in [0.1, 0.15) is 6.67 Å². The summed E-state index contributed by atoms with van der Waals surface area (Å²) >= 11 is 3.31. The van der Waals surface area contributed by atoms with Gasteiger partial charge in [-0.3, -0.25) is 9.48 Å². The maximum absolute atomic E-state index is 12.1. The molecule has 0 fully saturated rings. The largest absolute Gasteiger partial charge is 0.463 e. The monoisotopic (exact) mass is 381 g/mol. The molecule has 1 amide bonds. The molecule has 0 unspecified atom stereocenters. The number of ether oxygens (including phenoxy) is 1. The predicted octanol–water partition coefficient (Wildman–Crippen LogP) is 1.54. The second kappa shape index (κ2) is 7.73.